The van der Waals surface area contributed by atoms with Crippen LogP contribution < -0.4 is 4.74 Å². The number of rotatable bonds is 4. The zero-order valence-corrected chi connectivity index (χ0v) is 15.5. The summed E-state index contributed by atoms with van der Waals surface area (Å²) in [6.07, 6.45) is 0.738. The van der Waals surface area contributed by atoms with Gasteiger partial charge in [-0.05, 0) is 30.7 Å². The van der Waals surface area contributed by atoms with Crippen molar-refractivity contribution in [2.24, 2.45) is 0 Å². The van der Waals surface area contributed by atoms with E-state index < -0.39 is 0 Å². The summed E-state index contributed by atoms with van der Waals surface area (Å²) in [5.41, 5.74) is 1.83. The normalized spacial score (nSPS) is 16.1. The van der Waals surface area contributed by atoms with Crippen LogP contribution in [-0.2, 0) is 13.0 Å². The number of carbonyl (C=O) groups is 1. The fourth-order valence-corrected chi connectivity index (χ4v) is 3.61. The minimum atomic E-state index is -0.0143. The molecule has 4 rings (SSSR count). The second-order valence-electron chi connectivity index (χ2n) is 6.83. The van der Waals surface area contributed by atoms with E-state index in [0.717, 1.165) is 18.1 Å². The highest BCUT2D eigenvalue weighted by Crippen LogP contribution is 2.25. The number of hydrogen-bond donors (Lipinski definition) is 0. The molecule has 0 saturated carbocycles. The first kappa shape index (κ1) is 17.3. The monoisotopic (exact) mass is 362 g/mol. The number of nitrogens with zero attached hydrogens (tertiary/aromatic N) is 4. The van der Waals surface area contributed by atoms with Gasteiger partial charge in [-0.2, -0.15) is 0 Å². The SMILES string of the molecule is COc1cccc(C(=O)N2Cc3nnc(Cc4ccccc4)n3[C@@H](C)C2)c1. The molecule has 1 amide bonds. The zero-order valence-electron chi connectivity index (χ0n) is 15.5. The molecule has 0 bridgehead atoms. The first-order chi connectivity index (χ1) is 13.2. The number of ether oxygens (including phenoxy) is 1. The molecule has 0 fully saturated rings. The van der Waals surface area contributed by atoms with Crippen molar-refractivity contribution in [1.82, 2.24) is 19.7 Å². The minimum absolute atomic E-state index is 0.0143. The smallest absolute Gasteiger partial charge is 0.254 e. The Morgan fingerprint density at radius 3 is 2.74 bits per heavy atom. The molecule has 0 spiro atoms. The van der Waals surface area contributed by atoms with Crippen LogP contribution in [0.25, 0.3) is 0 Å². The van der Waals surface area contributed by atoms with Gasteiger partial charge in [-0.15, -0.1) is 10.2 Å². The average Bonchev–Trinajstić information content (AvgIpc) is 3.11. The molecule has 27 heavy (non-hydrogen) atoms. The highest BCUT2D eigenvalue weighted by molar-refractivity contribution is 5.94. The van der Waals surface area contributed by atoms with Crippen molar-refractivity contribution in [2.75, 3.05) is 13.7 Å². The molecule has 1 aliphatic rings. The number of hydrogen-bond acceptors (Lipinski definition) is 4. The largest absolute Gasteiger partial charge is 0.497 e. The lowest BCUT2D eigenvalue weighted by molar-refractivity contribution is 0.0679. The molecule has 0 unspecified atom stereocenters. The van der Waals surface area contributed by atoms with E-state index in [1.54, 1.807) is 13.2 Å². The van der Waals surface area contributed by atoms with E-state index >= 15 is 0 Å². The molecule has 0 N–H and O–H groups in total. The van der Waals surface area contributed by atoms with E-state index in [2.05, 4.69) is 33.8 Å². The van der Waals surface area contributed by atoms with Crippen LogP contribution in [-0.4, -0.2) is 39.2 Å². The van der Waals surface area contributed by atoms with Gasteiger partial charge >= 0.3 is 0 Å². The lowest BCUT2D eigenvalue weighted by Gasteiger charge is -2.32. The molecule has 0 radical (unpaired) electrons. The lowest BCUT2D eigenvalue weighted by Crippen LogP contribution is -2.40. The van der Waals surface area contributed by atoms with Crippen LogP contribution in [0.5, 0.6) is 5.75 Å². The van der Waals surface area contributed by atoms with Gasteiger partial charge in [0.05, 0.1) is 19.7 Å². The van der Waals surface area contributed by atoms with E-state index in [9.17, 15) is 4.79 Å². The maximum absolute atomic E-state index is 12.9. The van der Waals surface area contributed by atoms with Crippen molar-refractivity contribution in [3.8, 4) is 5.75 Å². The third-order valence-corrected chi connectivity index (χ3v) is 4.90. The topological polar surface area (TPSA) is 60.2 Å². The van der Waals surface area contributed by atoms with Crippen molar-refractivity contribution in [1.29, 1.82) is 0 Å². The molecule has 1 atom stereocenters. The van der Waals surface area contributed by atoms with Gasteiger partial charge in [0.2, 0.25) is 0 Å². The molecule has 2 aromatic carbocycles. The van der Waals surface area contributed by atoms with E-state index in [1.807, 2.05) is 41.3 Å². The summed E-state index contributed by atoms with van der Waals surface area (Å²) in [5.74, 6) is 2.44. The van der Waals surface area contributed by atoms with Gasteiger partial charge in [-0.3, -0.25) is 4.79 Å². The molecule has 6 heteroatoms. The number of carbonyl (C=O) groups excluding carboxylic acids is 1. The third kappa shape index (κ3) is 3.43. The average molecular weight is 362 g/mol. The van der Waals surface area contributed by atoms with Gasteiger partial charge in [0.25, 0.3) is 5.91 Å². The summed E-state index contributed by atoms with van der Waals surface area (Å²) in [7, 11) is 1.60. The van der Waals surface area contributed by atoms with Crippen LogP contribution in [0.2, 0.25) is 0 Å². The molecule has 2 heterocycles. The summed E-state index contributed by atoms with van der Waals surface area (Å²) in [4.78, 5) is 14.8. The Bertz CT molecular complexity index is 952. The third-order valence-electron chi connectivity index (χ3n) is 4.90. The predicted molar refractivity (Wildman–Crippen MR) is 102 cm³/mol. The first-order valence-corrected chi connectivity index (χ1v) is 9.05. The van der Waals surface area contributed by atoms with Gasteiger partial charge in [-0.25, -0.2) is 0 Å². The second-order valence-corrected chi connectivity index (χ2v) is 6.83. The van der Waals surface area contributed by atoms with E-state index in [4.69, 9.17) is 4.74 Å². The summed E-state index contributed by atoms with van der Waals surface area (Å²) in [6.45, 7) is 3.19. The molecule has 0 saturated heterocycles. The summed E-state index contributed by atoms with van der Waals surface area (Å²) < 4.78 is 7.40. The van der Waals surface area contributed by atoms with Gasteiger partial charge in [-0.1, -0.05) is 36.4 Å². The lowest BCUT2D eigenvalue weighted by atomic mass is 10.1. The maximum Gasteiger partial charge on any atom is 0.254 e. The van der Waals surface area contributed by atoms with Crippen LogP contribution in [0.4, 0.5) is 0 Å². The van der Waals surface area contributed by atoms with Crippen LogP contribution in [0.3, 0.4) is 0 Å². The van der Waals surface area contributed by atoms with Crippen molar-refractivity contribution in [3.05, 3.63) is 77.4 Å². The highest BCUT2D eigenvalue weighted by Gasteiger charge is 2.29. The Balaban J connectivity index is 1.56. The molecule has 138 valence electrons. The second kappa shape index (κ2) is 7.23. The van der Waals surface area contributed by atoms with E-state index in [0.29, 0.717) is 24.4 Å². The fraction of sp³-hybridized carbons (Fsp3) is 0.286. The Hall–Kier alpha value is -3.15. The van der Waals surface area contributed by atoms with Crippen molar-refractivity contribution in [2.45, 2.75) is 25.9 Å². The Morgan fingerprint density at radius 2 is 1.96 bits per heavy atom. The molecular weight excluding hydrogens is 340 g/mol. The Labute approximate surface area is 158 Å². The van der Waals surface area contributed by atoms with Crippen molar-refractivity contribution >= 4 is 5.91 Å². The van der Waals surface area contributed by atoms with E-state index in [1.165, 1.54) is 5.56 Å². The van der Waals surface area contributed by atoms with Gasteiger partial charge in [0, 0.05) is 18.5 Å². The Kier molecular flexibility index (Phi) is 4.62. The van der Waals surface area contributed by atoms with Crippen molar-refractivity contribution in [3.63, 3.8) is 0 Å². The predicted octanol–water partition coefficient (Wildman–Crippen LogP) is 3.09. The summed E-state index contributed by atoms with van der Waals surface area (Å²) >= 11 is 0. The fourth-order valence-electron chi connectivity index (χ4n) is 3.61. The first-order valence-electron chi connectivity index (χ1n) is 9.05. The molecule has 1 aliphatic heterocycles. The number of amides is 1. The van der Waals surface area contributed by atoms with Crippen molar-refractivity contribution < 1.29 is 9.53 Å². The standard InChI is InChI=1S/C21H22N4O2/c1-15-13-24(21(26)17-9-6-10-18(12-17)27-2)14-20-23-22-19(25(15)20)11-16-7-4-3-5-8-16/h3-10,12,15H,11,13-14H2,1-2H3/t15-/m0/s1. The van der Waals surface area contributed by atoms with Crippen LogP contribution in [0.15, 0.2) is 54.6 Å². The van der Waals surface area contributed by atoms with Crippen LogP contribution >= 0.6 is 0 Å². The van der Waals surface area contributed by atoms with Crippen LogP contribution in [0.1, 0.15) is 40.5 Å². The Morgan fingerprint density at radius 1 is 1.15 bits per heavy atom. The molecule has 3 aromatic rings. The summed E-state index contributed by atoms with van der Waals surface area (Å²) in [5, 5.41) is 8.75. The number of benzene rings is 2. The van der Waals surface area contributed by atoms with Gasteiger partial charge < -0.3 is 14.2 Å². The highest BCUT2D eigenvalue weighted by atomic mass is 16.5. The molecular formula is C21H22N4O2. The van der Waals surface area contributed by atoms with Gasteiger partial charge in [0.1, 0.15) is 11.6 Å². The number of fused-ring (bicyclic) bond motifs is 1. The summed E-state index contributed by atoms with van der Waals surface area (Å²) in [6, 6.07) is 17.6. The molecule has 0 aliphatic carbocycles. The van der Waals surface area contributed by atoms with Gasteiger partial charge in [0.15, 0.2) is 5.82 Å². The number of methoxy groups -OCH3 is 1. The maximum atomic E-state index is 12.9. The molecule has 6 nitrogen and oxygen atoms in total. The minimum Gasteiger partial charge on any atom is -0.497 e. The molecule has 1 aromatic heterocycles. The quantitative estimate of drug-likeness (QED) is 0.716. The zero-order chi connectivity index (χ0) is 18.8. The van der Waals surface area contributed by atoms with Crippen LogP contribution in [0, 0.1) is 0 Å². The van der Waals surface area contributed by atoms with E-state index in [-0.39, 0.29) is 11.9 Å². The number of aromatic nitrogens is 3.